The minimum atomic E-state index is -0.318. The molecule has 0 radical (unpaired) electrons. The van der Waals surface area contributed by atoms with E-state index in [9.17, 15) is 9.90 Å². The Balaban J connectivity index is 1.71. The number of rotatable bonds is 4. The normalized spacial score (nSPS) is 10.6. The number of aryl methyl sites for hydroxylation is 2. The summed E-state index contributed by atoms with van der Waals surface area (Å²) in [5.41, 5.74) is 2.36. The van der Waals surface area contributed by atoms with Crippen molar-refractivity contribution in [2.24, 2.45) is 0 Å². The Labute approximate surface area is 140 Å². The molecule has 0 aliphatic heterocycles. The molecule has 0 aliphatic rings. The average molecular weight is 321 g/mol. The molecule has 0 bridgehead atoms. The van der Waals surface area contributed by atoms with Crippen LogP contribution in [0.3, 0.4) is 0 Å². The van der Waals surface area contributed by atoms with Crippen LogP contribution >= 0.6 is 0 Å². The predicted molar refractivity (Wildman–Crippen MR) is 95.7 cm³/mol. The van der Waals surface area contributed by atoms with Crippen LogP contribution in [0.5, 0.6) is 11.5 Å². The fourth-order valence-electron chi connectivity index (χ4n) is 2.55. The summed E-state index contributed by atoms with van der Waals surface area (Å²) in [6, 6.07) is 17.0. The number of carbonyl (C=O) groups excluding carboxylic acids is 1. The smallest absolute Gasteiger partial charge is 0.262 e. The number of hydrogen-bond acceptors (Lipinski definition) is 3. The third-order valence-corrected chi connectivity index (χ3v) is 3.99. The number of amides is 1. The summed E-state index contributed by atoms with van der Waals surface area (Å²) in [4.78, 5) is 12.1. The van der Waals surface area contributed by atoms with Gasteiger partial charge in [-0.3, -0.25) is 4.79 Å². The lowest BCUT2D eigenvalue weighted by Crippen LogP contribution is -2.20. The van der Waals surface area contributed by atoms with Crippen molar-refractivity contribution in [3.63, 3.8) is 0 Å². The Bertz CT molecular complexity index is 897. The minimum absolute atomic E-state index is 0.0524. The number of phenols is 1. The van der Waals surface area contributed by atoms with Crippen molar-refractivity contribution < 1.29 is 14.6 Å². The average Bonchev–Trinajstić information content (AvgIpc) is 2.58. The van der Waals surface area contributed by atoms with Gasteiger partial charge in [-0.15, -0.1) is 0 Å². The van der Waals surface area contributed by atoms with Gasteiger partial charge in [0.05, 0.1) is 5.69 Å². The van der Waals surface area contributed by atoms with Crippen LogP contribution in [0.1, 0.15) is 11.1 Å². The maximum atomic E-state index is 12.1. The number of ether oxygens (including phenoxy) is 1. The number of carbonyl (C=O) groups is 1. The first-order valence-electron chi connectivity index (χ1n) is 7.75. The van der Waals surface area contributed by atoms with Crippen molar-refractivity contribution in [2.75, 3.05) is 11.9 Å². The molecule has 3 aromatic rings. The molecular weight excluding hydrogens is 302 g/mol. The summed E-state index contributed by atoms with van der Waals surface area (Å²) in [5.74, 6) is 0.394. The number of nitrogens with one attached hydrogen (secondary N) is 1. The Morgan fingerprint density at radius 1 is 1.04 bits per heavy atom. The van der Waals surface area contributed by atoms with Gasteiger partial charge in [-0.1, -0.05) is 36.4 Å². The van der Waals surface area contributed by atoms with Gasteiger partial charge in [0.25, 0.3) is 5.91 Å². The number of hydrogen-bond donors (Lipinski definition) is 2. The summed E-state index contributed by atoms with van der Waals surface area (Å²) < 4.78 is 5.65. The molecule has 0 atom stereocenters. The molecule has 3 rings (SSSR count). The molecule has 1 amide bonds. The summed E-state index contributed by atoms with van der Waals surface area (Å²) in [6.07, 6.45) is 0. The van der Waals surface area contributed by atoms with Gasteiger partial charge in [0.1, 0.15) is 11.5 Å². The monoisotopic (exact) mass is 321 g/mol. The topological polar surface area (TPSA) is 58.6 Å². The largest absolute Gasteiger partial charge is 0.506 e. The quantitative estimate of drug-likeness (QED) is 0.709. The summed E-state index contributed by atoms with van der Waals surface area (Å²) in [5, 5.41) is 14.6. The van der Waals surface area contributed by atoms with E-state index in [1.54, 1.807) is 12.1 Å². The Kier molecular flexibility index (Phi) is 4.38. The Morgan fingerprint density at radius 3 is 2.58 bits per heavy atom. The van der Waals surface area contributed by atoms with Crippen molar-refractivity contribution in [1.82, 2.24) is 0 Å². The second-order valence-electron chi connectivity index (χ2n) is 5.77. The molecule has 0 aromatic heterocycles. The minimum Gasteiger partial charge on any atom is -0.506 e. The fraction of sp³-hybridized carbons (Fsp3) is 0.150. The van der Waals surface area contributed by atoms with Gasteiger partial charge in [0, 0.05) is 5.39 Å². The molecular formula is C20H19NO3. The lowest BCUT2D eigenvalue weighted by atomic mass is 10.1. The zero-order chi connectivity index (χ0) is 17.1. The van der Waals surface area contributed by atoms with Crippen LogP contribution in [0.4, 0.5) is 5.69 Å². The highest BCUT2D eigenvalue weighted by Crippen LogP contribution is 2.27. The van der Waals surface area contributed by atoms with E-state index < -0.39 is 0 Å². The molecule has 0 spiro atoms. The molecule has 4 nitrogen and oxygen atoms in total. The van der Waals surface area contributed by atoms with Crippen molar-refractivity contribution >= 4 is 22.4 Å². The molecule has 0 fully saturated rings. The number of aromatic hydroxyl groups is 1. The van der Waals surface area contributed by atoms with Crippen LogP contribution in [-0.4, -0.2) is 17.6 Å². The van der Waals surface area contributed by atoms with Crippen LogP contribution < -0.4 is 10.1 Å². The highest BCUT2D eigenvalue weighted by Gasteiger charge is 2.10. The van der Waals surface area contributed by atoms with Crippen LogP contribution in [-0.2, 0) is 4.79 Å². The van der Waals surface area contributed by atoms with Gasteiger partial charge in [0.15, 0.2) is 6.61 Å². The van der Waals surface area contributed by atoms with Gasteiger partial charge in [0.2, 0.25) is 0 Å². The van der Waals surface area contributed by atoms with E-state index in [0.29, 0.717) is 11.4 Å². The van der Waals surface area contributed by atoms with E-state index in [2.05, 4.69) is 5.32 Å². The first-order chi connectivity index (χ1) is 11.5. The number of fused-ring (bicyclic) bond motifs is 1. The van der Waals surface area contributed by atoms with Gasteiger partial charge in [-0.05, 0) is 48.6 Å². The van der Waals surface area contributed by atoms with Crippen LogP contribution in [0, 0.1) is 13.8 Å². The maximum Gasteiger partial charge on any atom is 0.262 e. The lowest BCUT2D eigenvalue weighted by Gasteiger charge is -2.12. The van der Waals surface area contributed by atoms with E-state index in [1.165, 1.54) is 0 Å². The fourth-order valence-corrected chi connectivity index (χ4v) is 2.55. The summed E-state index contributed by atoms with van der Waals surface area (Å²) >= 11 is 0. The molecule has 0 saturated heterocycles. The number of phenolic OH excluding ortho intramolecular Hbond substituents is 1. The lowest BCUT2D eigenvalue weighted by molar-refractivity contribution is -0.118. The molecule has 24 heavy (non-hydrogen) atoms. The first-order valence-corrected chi connectivity index (χ1v) is 7.75. The molecule has 0 aliphatic carbocycles. The highest BCUT2D eigenvalue weighted by atomic mass is 16.5. The van der Waals surface area contributed by atoms with Gasteiger partial charge < -0.3 is 15.2 Å². The third-order valence-electron chi connectivity index (χ3n) is 3.99. The third kappa shape index (κ3) is 3.33. The molecule has 0 heterocycles. The zero-order valence-electron chi connectivity index (χ0n) is 13.7. The van der Waals surface area contributed by atoms with Crippen LogP contribution in [0.25, 0.3) is 10.8 Å². The van der Waals surface area contributed by atoms with Crippen molar-refractivity contribution in [3.05, 3.63) is 65.7 Å². The first kappa shape index (κ1) is 15.9. The van der Waals surface area contributed by atoms with Gasteiger partial charge in [-0.2, -0.15) is 0 Å². The summed E-state index contributed by atoms with van der Waals surface area (Å²) in [7, 11) is 0. The summed E-state index contributed by atoms with van der Waals surface area (Å²) in [6.45, 7) is 3.71. The number of benzene rings is 3. The molecule has 3 aromatic carbocycles. The van der Waals surface area contributed by atoms with E-state index in [4.69, 9.17) is 4.74 Å². The Morgan fingerprint density at radius 2 is 1.75 bits per heavy atom. The predicted octanol–water partition coefficient (Wildman–Crippen LogP) is 4.18. The molecule has 122 valence electrons. The van der Waals surface area contributed by atoms with Crippen molar-refractivity contribution in [1.29, 1.82) is 0 Å². The molecule has 0 unspecified atom stereocenters. The standard InChI is InChI=1S/C20H19NO3/c1-13-10-17(18(22)11-14(13)2)21-20(23)12-24-19-9-5-7-15-6-3-4-8-16(15)19/h3-11,22H,12H2,1-2H3,(H,21,23). The highest BCUT2D eigenvalue weighted by molar-refractivity contribution is 5.94. The van der Waals surface area contributed by atoms with E-state index in [-0.39, 0.29) is 18.3 Å². The maximum absolute atomic E-state index is 12.1. The second-order valence-corrected chi connectivity index (χ2v) is 5.77. The second kappa shape index (κ2) is 6.62. The van der Waals surface area contributed by atoms with Crippen LogP contribution in [0.15, 0.2) is 54.6 Å². The zero-order valence-corrected chi connectivity index (χ0v) is 13.7. The van der Waals surface area contributed by atoms with E-state index in [1.807, 2.05) is 56.3 Å². The van der Waals surface area contributed by atoms with Crippen molar-refractivity contribution in [3.8, 4) is 11.5 Å². The van der Waals surface area contributed by atoms with Crippen LogP contribution in [0.2, 0.25) is 0 Å². The van der Waals surface area contributed by atoms with E-state index in [0.717, 1.165) is 21.9 Å². The van der Waals surface area contributed by atoms with Gasteiger partial charge >= 0.3 is 0 Å². The van der Waals surface area contributed by atoms with Crippen molar-refractivity contribution in [2.45, 2.75) is 13.8 Å². The SMILES string of the molecule is Cc1cc(O)c(NC(=O)COc2cccc3ccccc23)cc1C. The number of anilines is 1. The van der Waals surface area contributed by atoms with E-state index >= 15 is 0 Å². The van der Waals surface area contributed by atoms with Gasteiger partial charge in [-0.25, -0.2) is 0 Å². The molecule has 0 saturated carbocycles. The molecule has 2 N–H and O–H groups in total. The Hall–Kier alpha value is -3.01. The molecule has 4 heteroatoms.